The van der Waals surface area contributed by atoms with E-state index < -0.39 is 0 Å². The Morgan fingerprint density at radius 2 is 1.00 bits per heavy atom. The molecular weight excluding hydrogens is 517 g/mol. The Hall–Kier alpha value is 3.65. The van der Waals surface area contributed by atoms with E-state index in [2.05, 4.69) is 0 Å². The molecule has 0 aromatic rings. The van der Waals surface area contributed by atoms with Crippen LogP contribution < -0.4 is 0 Å². The van der Waals surface area contributed by atoms with E-state index in [9.17, 15) is 0 Å². The van der Waals surface area contributed by atoms with E-state index in [1.807, 2.05) is 0 Å². The van der Waals surface area contributed by atoms with Gasteiger partial charge < -0.3 is 0 Å². The summed E-state index contributed by atoms with van der Waals surface area (Å²) < 4.78 is 0. The molecule has 1 radical (unpaired) electrons. The molecule has 0 aromatic carbocycles. The van der Waals surface area contributed by atoms with Crippen molar-refractivity contribution in [2.75, 3.05) is 0 Å². The number of hydrogen-bond acceptors (Lipinski definition) is 0. The van der Waals surface area contributed by atoms with Gasteiger partial charge in [-0.2, -0.15) is 0 Å². The standard InChI is InChI=1S/Ce.ClH.Ir.Ru.Ti/h;1H;;;. The molecule has 0 unspecified atom stereocenters. The molecular formula is HCeClIrRuTi. The molecule has 0 aliphatic heterocycles. The van der Waals surface area contributed by atoms with Gasteiger partial charge in [0.05, 0.1) is 0 Å². The van der Waals surface area contributed by atoms with Gasteiger partial charge in [-0.05, 0) is 0 Å². The summed E-state index contributed by atoms with van der Waals surface area (Å²) >= 11 is 0. The molecule has 0 saturated carbocycles. The van der Waals surface area contributed by atoms with Crippen LogP contribution in [-0.2, 0) is 61.3 Å². The SMILES string of the molecule is Cl.[Ce].[Ir].[Ru].[Ti]. The fourth-order valence-corrected chi connectivity index (χ4v) is 0. The molecule has 0 aliphatic rings. The topological polar surface area (TPSA) is 0 Å². The smallest absolute Gasteiger partial charge is 0 e. The van der Waals surface area contributed by atoms with Gasteiger partial charge in [-0.15, -0.1) is 12.4 Å². The van der Waals surface area contributed by atoms with Crippen molar-refractivity contribution in [3.63, 3.8) is 0 Å². The zero-order chi connectivity index (χ0) is 0. The van der Waals surface area contributed by atoms with Gasteiger partial charge in [0.15, 0.2) is 0 Å². The maximum absolute atomic E-state index is 0. The van der Waals surface area contributed by atoms with Crippen LogP contribution in [0.25, 0.3) is 0 Å². The van der Waals surface area contributed by atoms with Crippen LogP contribution in [0.5, 0.6) is 0 Å². The first-order valence-corrected chi connectivity index (χ1v) is 0. The van der Waals surface area contributed by atoms with E-state index in [-0.39, 0.29) is 115 Å². The second kappa shape index (κ2) is 25.4. The van der Waals surface area contributed by atoms with Gasteiger partial charge >= 0.3 is 0 Å². The third kappa shape index (κ3) is 18.3. The zero-order valence-electron chi connectivity index (χ0n) is 2.10. The minimum absolute atomic E-state index is 0. The average Bonchev–Trinajstić information content (AvgIpc) is 0. The first-order valence-electron chi connectivity index (χ1n) is 0. The Kier molecular flexibility index (Phi) is 193. The molecule has 0 saturated heterocycles. The number of halogens is 1. The number of rotatable bonds is 0. The maximum Gasteiger partial charge on any atom is 0 e. The minimum Gasteiger partial charge on any atom is -0.147 e. The van der Waals surface area contributed by atoms with E-state index in [1.54, 1.807) is 0 Å². The van der Waals surface area contributed by atoms with Crippen LogP contribution in [0.3, 0.4) is 0 Å². The van der Waals surface area contributed by atoms with Crippen LogP contribution in [0, 0.1) is 41.7 Å². The van der Waals surface area contributed by atoms with Gasteiger partial charge in [0.2, 0.25) is 0 Å². The summed E-state index contributed by atoms with van der Waals surface area (Å²) in [6, 6.07) is 0. The van der Waals surface area contributed by atoms with Gasteiger partial charge in [-0.25, -0.2) is 0 Å². The quantitative estimate of drug-likeness (QED) is 0.409. The van der Waals surface area contributed by atoms with Crippen molar-refractivity contribution in [2.24, 2.45) is 0 Å². The molecule has 0 amide bonds. The fraction of sp³-hybridized carbons (Fsp3) is 0. The van der Waals surface area contributed by atoms with Gasteiger partial charge in [0.25, 0.3) is 0 Å². The summed E-state index contributed by atoms with van der Waals surface area (Å²) in [6.07, 6.45) is 0. The van der Waals surface area contributed by atoms with Crippen molar-refractivity contribution in [2.45, 2.75) is 0 Å². The Labute approximate surface area is 113 Å². The second-order valence-electron chi connectivity index (χ2n) is 0. The summed E-state index contributed by atoms with van der Waals surface area (Å²) in [7, 11) is 0. The summed E-state index contributed by atoms with van der Waals surface area (Å²) in [5.41, 5.74) is 0. The van der Waals surface area contributed by atoms with E-state index in [1.165, 1.54) is 0 Å². The Bertz CT molecular complexity index is 11.6. The van der Waals surface area contributed by atoms with Crippen LogP contribution in [0.1, 0.15) is 0 Å². The first-order chi connectivity index (χ1) is 0. The normalized spacial score (nSPS) is 0. The average molecular weight is 518 g/mol. The molecule has 0 aromatic heterocycles. The van der Waals surface area contributed by atoms with Crippen molar-refractivity contribution in [1.29, 1.82) is 0 Å². The molecule has 0 nitrogen and oxygen atoms in total. The van der Waals surface area contributed by atoms with Crippen LogP contribution in [0.15, 0.2) is 0 Å². The van der Waals surface area contributed by atoms with Crippen molar-refractivity contribution in [1.82, 2.24) is 0 Å². The van der Waals surface area contributed by atoms with E-state index in [0.717, 1.165) is 0 Å². The van der Waals surface area contributed by atoms with Crippen LogP contribution >= 0.6 is 12.4 Å². The predicted octanol–water partition coefficient (Wildman–Crippen LogP) is 0.414. The van der Waals surface area contributed by atoms with Crippen molar-refractivity contribution < 1.29 is 103 Å². The van der Waals surface area contributed by atoms with Crippen molar-refractivity contribution in [3.05, 3.63) is 0 Å². The molecule has 0 rings (SSSR count). The third-order valence-corrected chi connectivity index (χ3v) is 0. The van der Waals surface area contributed by atoms with E-state index in [0.29, 0.717) is 0 Å². The van der Waals surface area contributed by atoms with Gasteiger partial charge in [-0.1, -0.05) is 0 Å². The predicted molar refractivity (Wildman–Crippen MR) is 7.25 cm³/mol. The largest absolute Gasteiger partial charge is 0.147 e. The molecule has 0 spiro atoms. The molecule has 5 heteroatoms. The Morgan fingerprint density at radius 1 is 1.00 bits per heavy atom. The molecule has 5 heavy (non-hydrogen) atoms. The van der Waals surface area contributed by atoms with Crippen LogP contribution in [-0.4, -0.2) is 0 Å². The zero-order valence-corrected chi connectivity index (χ0v) is 11.7. The summed E-state index contributed by atoms with van der Waals surface area (Å²) in [5, 5.41) is 0. The van der Waals surface area contributed by atoms with Gasteiger partial charge in [0, 0.05) is 103 Å². The Balaban J connectivity index is 0. The molecule has 33 valence electrons. The fourth-order valence-electron chi connectivity index (χ4n) is 0. The third-order valence-electron chi connectivity index (χ3n) is 0. The molecule has 0 heterocycles. The molecule has 0 fully saturated rings. The molecule has 0 bridgehead atoms. The Morgan fingerprint density at radius 3 is 1.00 bits per heavy atom. The molecule has 0 N–H and O–H groups in total. The first kappa shape index (κ1) is 38.0. The van der Waals surface area contributed by atoms with E-state index >= 15 is 0 Å². The maximum atomic E-state index is 0. The summed E-state index contributed by atoms with van der Waals surface area (Å²) in [6.45, 7) is 0. The van der Waals surface area contributed by atoms with Crippen molar-refractivity contribution >= 4 is 12.4 Å². The van der Waals surface area contributed by atoms with Crippen molar-refractivity contribution in [3.8, 4) is 0 Å². The summed E-state index contributed by atoms with van der Waals surface area (Å²) in [5.74, 6) is 0. The van der Waals surface area contributed by atoms with Gasteiger partial charge in [0.1, 0.15) is 0 Å². The minimum atomic E-state index is 0. The van der Waals surface area contributed by atoms with Crippen LogP contribution in [0.2, 0.25) is 0 Å². The van der Waals surface area contributed by atoms with Gasteiger partial charge in [-0.3, -0.25) is 0 Å². The van der Waals surface area contributed by atoms with Crippen LogP contribution in [0.4, 0.5) is 0 Å². The molecule has 0 aliphatic carbocycles. The van der Waals surface area contributed by atoms with E-state index in [4.69, 9.17) is 0 Å². The second-order valence-corrected chi connectivity index (χ2v) is 0. The summed E-state index contributed by atoms with van der Waals surface area (Å²) in [4.78, 5) is 0. The monoisotopic (exact) mass is 519 g/mol. The molecule has 0 atom stereocenters. The number of hydrogen-bond donors (Lipinski definition) is 0.